The van der Waals surface area contributed by atoms with Crippen molar-refractivity contribution >= 4 is 31.3 Å². The Morgan fingerprint density at radius 3 is 2.28 bits per heavy atom. The average Bonchev–Trinajstić information content (AvgIpc) is 2.58. The molecule has 0 bridgehead atoms. The van der Waals surface area contributed by atoms with E-state index < -0.39 is 20.6 Å². The molecule has 5 nitrogen and oxygen atoms in total. The summed E-state index contributed by atoms with van der Waals surface area (Å²) in [6, 6.07) is 6.28. The maximum atomic E-state index is 11.0. The molecule has 1 aromatic heterocycles. The van der Waals surface area contributed by atoms with Gasteiger partial charge in [-0.25, -0.2) is 13.2 Å². The lowest BCUT2D eigenvalue weighted by Gasteiger charge is -1.98. The molecule has 0 unspecified atom stereocenters. The van der Waals surface area contributed by atoms with Crippen LogP contribution in [0.25, 0.3) is 11.3 Å². The highest BCUT2D eigenvalue weighted by molar-refractivity contribution is 8.13. The summed E-state index contributed by atoms with van der Waals surface area (Å²) in [7, 11) is 1.26. The zero-order chi connectivity index (χ0) is 13.3. The molecule has 1 aromatic carbocycles. The van der Waals surface area contributed by atoms with E-state index in [4.69, 9.17) is 26.7 Å². The van der Waals surface area contributed by atoms with Crippen molar-refractivity contribution in [2.45, 2.75) is 5.75 Å². The fourth-order valence-corrected chi connectivity index (χ4v) is 2.31. The van der Waals surface area contributed by atoms with Gasteiger partial charge in [0.25, 0.3) is 0 Å². The summed E-state index contributed by atoms with van der Waals surface area (Å²) < 4.78 is 31.4. The van der Waals surface area contributed by atoms with Crippen LogP contribution in [0.2, 0.25) is 5.02 Å². The van der Waals surface area contributed by atoms with Gasteiger partial charge < -0.3 is 8.83 Å². The van der Waals surface area contributed by atoms with Crippen LogP contribution in [-0.4, -0.2) is 8.42 Å². The highest BCUT2D eigenvalue weighted by Crippen LogP contribution is 2.26. The minimum absolute atomic E-state index is 0.0286. The van der Waals surface area contributed by atoms with Crippen molar-refractivity contribution in [3.8, 4) is 11.3 Å². The third kappa shape index (κ3) is 3.16. The lowest BCUT2D eigenvalue weighted by molar-refractivity contribution is 0.380. The summed E-state index contributed by atoms with van der Waals surface area (Å²) in [5.74, 6) is -1.73. The van der Waals surface area contributed by atoms with Crippen LogP contribution in [0.4, 0.5) is 0 Å². The SMILES string of the molecule is O=c1oc(CS(=O)(=O)Cl)c(-c2ccc(Cl)cc2)o1. The third-order valence-electron chi connectivity index (χ3n) is 2.06. The molecule has 0 fully saturated rings. The van der Waals surface area contributed by atoms with Gasteiger partial charge in [0.15, 0.2) is 11.5 Å². The monoisotopic (exact) mass is 308 g/mol. The molecule has 0 saturated heterocycles. The molecule has 8 heteroatoms. The van der Waals surface area contributed by atoms with Crippen LogP contribution < -0.4 is 5.82 Å². The fourth-order valence-electron chi connectivity index (χ4n) is 1.38. The first kappa shape index (κ1) is 13.2. The maximum absolute atomic E-state index is 11.0. The molecule has 2 aromatic rings. The van der Waals surface area contributed by atoms with E-state index in [2.05, 4.69) is 4.42 Å². The molecule has 1 heterocycles. The van der Waals surface area contributed by atoms with E-state index in [0.29, 0.717) is 10.6 Å². The molecule has 0 spiro atoms. The Morgan fingerprint density at radius 2 is 1.72 bits per heavy atom. The van der Waals surface area contributed by atoms with Gasteiger partial charge in [-0.15, -0.1) is 0 Å². The van der Waals surface area contributed by atoms with Gasteiger partial charge in [0.05, 0.1) is 0 Å². The van der Waals surface area contributed by atoms with Crippen molar-refractivity contribution in [2.75, 3.05) is 0 Å². The standard InChI is InChI=1S/C10H6Cl2O5S/c11-7-3-1-6(2-4-7)9-8(5-18(12,14)15)16-10(13)17-9/h1-4H,5H2. The molecule has 0 aliphatic heterocycles. The molecule has 0 saturated carbocycles. The average molecular weight is 309 g/mol. The Kier molecular flexibility index (Phi) is 3.52. The Bertz CT molecular complexity index is 711. The zero-order valence-electron chi connectivity index (χ0n) is 8.72. The van der Waals surface area contributed by atoms with E-state index in [0.717, 1.165) is 0 Å². The van der Waals surface area contributed by atoms with Crippen LogP contribution >= 0.6 is 22.3 Å². The molecule has 0 N–H and O–H groups in total. The van der Waals surface area contributed by atoms with Crippen molar-refractivity contribution in [3.05, 3.63) is 45.7 Å². The van der Waals surface area contributed by atoms with Crippen molar-refractivity contribution in [1.29, 1.82) is 0 Å². The lowest BCUT2D eigenvalue weighted by Crippen LogP contribution is -1.95. The summed E-state index contributed by atoms with van der Waals surface area (Å²) >= 11 is 5.72. The fraction of sp³-hybridized carbons (Fsp3) is 0.100. The Morgan fingerprint density at radius 1 is 1.11 bits per heavy atom. The van der Waals surface area contributed by atoms with Crippen LogP contribution in [0.15, 0.2) is 37.9 Å². The quantitative estimate of drug-likeness (QED) is 0.814. The first-order valence-corrected chi connectivity index (χ1v) is 7.52. The molecule has 0 aliphatic carbocycles. The van der Waals surface area contributed by atoms with Crippen molar-refractivity contribution in [1.82, 2.24) is 0 Å². The Hall–Kier alpha value is -1.24. The van der Waals surface area contributed by atoms with Gasteiger partial charge >= 0.3 is 5.82 Å². The molecular weight excluding hydrogens is 303 g/mol. The number of hydrogen-bond acceptors (Lipinski definition) is 5. The molecule has 96 valence electrons. The first-order valence-electron chi connectivity index (χ1n) is 4.66. The molecule has 0 atom stereocenters. The predicted molar refractivity (Wildman–Crippen MR) is 66.2 cm³/mol. The minimum Gasteiger partial charge on any atom is -0.394 e. The summed E-state index contributed by atoms with van der Waals surface area (Å²) in [6.45, 7) is 0. The van der Waals surface area contributed by atoms with Crippen molar-refractivity contribution < 1.29 is 17.3 Å². The zero-order valence-corrected chi connectivity index (χ0v) is 11.1. The van der Waals surface area contributed by atoms with E-state index in [-0.39, 0.29) is 11.5 Å². The molecule has 0 aliphatic rings. The van der Waals surface area contributed by atoms with E-state index in [1.165, 1.54) is 0 Å². The molecular formula is C10H6Cl2O5S. The second-order valence-corrected chi connectivity index (χ2v) is 6.61. The predicted octanol–water partition coefficient (Wildman–Crippen LogP) is 2.62. The molecule has 0 radical (unpaired) electrons. The summed E-state index contributed by atoms with van der Waals surface area (Å²) in [4.78, 5) is 11.0. The van der Waals surface area contributed by atoms with Crippen LogP contribution in [0.1, 0.15) is 5.76 Å². The normalized spacial score (nSPS) is 11.7. The molecule has 0 amide bonds. The van der Waals surface area contributed by atoms with E-state index in [9.17, 15) is 13.2 Å². The Labute approximate surface area is 111 Å². The van der Waals surface area contributed by atoms with Crippen LogP contribution in [0.3, 0.4) is 0 Å². The number of hydrogen-bond donors (Lipinski definition) is 0. The highest BCUT2D eigenvalue weighted by atomic mass is 35.7. The summed E-state index contributed by atoms with van der Waals surface area (Å²) in [6.07, 6.45) is 0. The minimum atomic E-state index is -3.85. The smallest absolute Gasteiger partial charge is 0.394 e. The second kappa shape index (κ2) is 4.79. The van der Waals surface area contributed by atoms with E-state index in [1.54, 1.807) is 24.3 Å². The molecule has 2 rings (SSSR count). The summed E-state index contributed by atoms with van der Waals surface area (Å²) in [5.41, 5.74) is 0.473. The van der Waals surface area contributed by atoms with Crippen molar-refractivity contribution in [2.24, 2.45) is 0 Å². The number of rotatable bonds is 3. The van der Waals surface area contributed by atoms with Gasteiger partial charge in [0.1, 0.15) is 5.75 Å². The van der Waals surface area contributed by atoms with Crippen molar-refractivity contribution in [3.63, 3.8) is 0 Å². The maximum Gasteiger partial charge on any atom is 0.519 e. The first-order chi connectivity index (χ1) is 8.35. The van der Waals surface area contributed by atoms with Gasteiger partial charge in [-0.3, -0.25) is 0 Å². The van der Waals surface area contributed by atoms with Gasteiger partial charge in [-0.1, -0.05) is 11.6 Å². The Balaban J connectivity index is 2.51. The highest BCUT2D eigenvalue weighted by Gasteiger charge is 2.20. The second-order valence-electron chi connectivity index (χ2n) is 3.40. The number of halogens is 2. The van der Waals surface area contributed by atoms with Gasteiger partial charge in [0.2, 0.25) is 9.05 Å². The lowest BCUT2D eigenvalue weighted by atomic mass is 10.1. The van der Waals surface area contributed by atoms with Crippen LogP contribution in [-0.2, 0) is 14.8 Å². The topological polar surface area (TPSA) is 77.5 Å². The van der Waals surface area contributed by atoms with Crippen LogP contribution in [0.5, 0.6) is 0 Å². The summed E-state index contributed by atoms with van der Waals surface area (Å²) in [5, 5.41) is 0.496. The van der Waals surface area contributed by atoms with Gasteiger partial charge in [-0.05, 0) is 24.3 Å². The van der Waals surface area contributed by atoms with Gasteiger partial charge in [0, 0.05) is 21.3 Å². The van der Waals surface area contributed by atoms with Crippen LogP contribution in [0, 0.1) is 0 Å². The van der Waals surface area contributed by atoms with Gasteiger partial charge in [-0.2, -0.15) is 0 Å². The molecule has 18 heavy (non-hydrogen) atoms. The number of benzene rings is 1. The van der Waals surface area contributed by atoms with E-state index in [1.807, 2.05) is 0 Å². The largest absolute Gasteiger partial charge is 0.519 e. The third-order valence-corrected chi connectivity index (χ3v) is 3.24. The van der Waals surface area contributed by atoms with E-state index >= 15 is 0 Å².